The van der Waals surface area contributed by atoms with Gasteiger partial charge in [0.05, 0.1) is 16.7 Å². The molecule has 31 heavy (non-hydrogen) atoms. The molecule has 0 aliphatic carbocycles. The summed E-state index contributed by atoms with van der Waals surface area (Å²) in [5.74, 6) is -1.01. The predicted molar refractivity (Wildman–Crippen MR) is 106 cm³/mol. The smallest absolute Gasteiger partial charge is 0.419 e. The Labute approximate surface area is 180 Å². The molecule has 10 heteroatoms. The molecule has 1 spiro atoms. The average Bonchev–Trinajstić information content (AvgIpc) is 2.68. The fraction of sp³-hybridized carbons (Fsp3) is 0.381. The van der Waals surface area contributed by atoms with Gasteiger partial charge in [-0.05, 0) is 24.3 Å². The van der Waals surface area contributed by atoms with E-state index in [1.54, 1.807) is 18.2 Å². The van der Waals surface area contributed by atoms with Gasteiger partial charge in [-0.3, -0.25) is 0 Å². The highest BCUT2D eigenvalue weighted by Crippen LogP contribution is 2.47. The summed E-state index contributed by atoms with van der Waals surface area (Å²) in [7, 11) is 0. The molecule has 2 amide bonds. The lowest BCUT2D eigenvalue weighted by atomic mass is 9.82. The third-order valence-electron chi connectivity index (χ3n) is 5.73. The number of carbonyl (C=O) groups is 1. The van der Waals surface area contributed by atoms with Crippen LogP contribution < -0.4 is 10.1 Å². The molecule has 5 nitrogen and oxygen atoms in total. The first-order chi connectivity index (χ1) is 14.6. The molecule has 0 radical (unpaired) electrons. The number of urea groups is 1. The second kappa shape index (κ2) is 7.87. The summed E-state index contributed by atoms with van der Waals surface area (Å²) in [5.41, 5.74) is -1.50. The van der Waals surface area contributed by atoms with Crippen LogP contribution in [-0.4, -0.2) is 34.7 Å². The van der Waals surface area contributed by atoms with Gasteiger partial charge in [0.15, 0.2) is 0 Å². The molecule has 0 bridgehead atoms. The number of fused-ring (bicyclic) bond motifs is 1. The van der Waals surface area contributed by atoms with Crippen LogP contribution >= 0.6 is 11.6 Å². The molecule has 2 aromatic rings. The molecule has 0 aromatic heterocycles. The topological polar surface area (TPSA) is 61.8 Å². The van der Waals surface area contributed by atoms with Gasteiger partial charge in [-0.15, -0.1) is 0 Å². The van der Waals surface area contributed by atoms with Gasteiger partial charge in [-0.2, -0.15) is 13.2 Å². The maximum Gasteiger partial charge on any atom is 0.419 e. The number of nitrogens with one attached hydrogen (secondary N) is 1. The van der Waals surface area contributed by atoms with E-state index in [1.165, 1.54) is 4.90 Å². The first-order valence-electron chi connectivity index (χ1n) is 9.66. The molecule has 0 saturated carbocycles. The van der Waals surface area contributed by atoms with Crippen molar-refractivity contribution in [1.82, 2.24) is 4.90 Å². The zero-order chi connectivity index (χ0) is 22.4. The number of para-hydroxylation sites is 1. The maximum absolute atomic E-state index is 13.7. The van der Waals surface area contributed by atoms with Crippen LogP contribution in [0.5, 0.6) is 5.75 Å². The molecule has 2 N–H and O–H groups in total. The number of aliphatic hydroxyl groups is 1. The molecule has 4 rings (SSSR count). The van der Waals surface area contributed by atoms with Crippen LogP contribution in [0, 0.1) is 5.82 Å². The van der Waals surface area contributed by atoms with Gasteiger partial charge in [0.2, 0.25) is 0 Å². The fourth-order valence-corrected chi connectivity index (χ4v) is 4.29. The van der Waals surface area contributed by atoms with Crippen molar-refractivity contribution in [3.05, 3.63) is 58.4 Å². The number of nitrogens with zero attached hydrogens (tertiary/aromatic N) is 1. The Morgan fingerprint density at radius 1 is 1.23 bits per heavy atom. The highest BCUT2D eigenvalue weighted by atomic mass is 35.5. The summed E-state index contributed by atoms with van der Waals surface area (Å²) in [6, 6.07) is 6.86. The monoisotopic (exact) mass is 458 g/mol. The van der Waals surface area contributed by atoms with Gasteiger partial charge >= 0.3 is 12.2 Å². The van der Waals surface area contributed by atoms with Crippen LogP contribution in [0.25, 0.3) is 0 Å². The summed E-state index contributed by atoms with van der Waals surface area (Å²) < 4.78 is 57.9. The van der Waals surface area contributed by atoms with Crippen molar-refractivity contribution in [3.63, 3.8) is 0 Å². The summed E-state index contributed by atoms with van der Waals surface area (Å²) in [4.78, 5) is 14.0. The van der Waals surface area contributed by atoms with Crippen molar-refractivity contribution < 1.29 is 32.2 Å². The second-order valence-corrected chi connectivity index (χ2v) is 8.18. The first-order valence-corrected chi connectivity index (χ1v) is 10.0. The van der Waals surface area contributed by atoms with Crippen LogP contribution in [0.3, 0.4) is 0 Å². The van der Waals surface area contributed by atoms with Gasteiger partial charge in [-0.25, -0.2) is 9.18 Å². The molecular formula is C21H19ClF4N2O3. The van der Waals surface area contributed by atoms with Crippen molar-refractivity contribution in [2.45, 2.75) is 37.1 Å². The van der Waals surface area contributed by atoms with Crippen molar-refractivity contribution in [1.29, 1.82) is 0 Å². The lowest BCUT2D eigenvalue weighted by molar-refractivity contribution is -0.139. The molecule has 1 atom stereocenters. The number of ether oxygens (including phenoxy) is 1. The SMILES string of the molecule is O=C(Nc1ccc(C(F)(F)F)c(F)c1)N1CCC2(CC1)CC(O)c1cccc(Cl)c1O2. The molecular weight excluding hydrogens is 440 g/mol. The molecule has 2 heterocycles. The Bertz CT molecular complexity index is 1010. The summed E-state index contributed by atoms with van der Waals surface area (Å²) in [6.45, 7) is 0.586. The summed E-state index contributed by atoms with van der Waals surface area (Å²) in [5, 5.41) is 13.4. The fourth-order valence-electron chi connectivity index (χ4n) is 4.06. The van der Waals surface area contributed by atoms with Crippen LogP contribution in [0.15, 0.2) is 36.4 Å². The third-order valence-corrected chi connectivity index (χ3v) is 6.03. The Balaban J connectivity index is 1.41. The van der Waals surface area contributed by atoms with Crippen molar-refractivity contribution in [2.24, 2.45) is 0 Å². The van der Waals surface area contributed by atoms with Crippen molar-refractivity contribution in [2.75, 3.05) is 18.4 Å². The number of anilines is 1. The Morgan fingerprint density at radius 2 is 1.94 bits per heavy atom. The molecule has 1 fully saturated rings. The summed E-state index contributed by atoms with van der Waals surface area (Å²) >= 11 is 6.22. The minimum atomic E-state index is -4.81. The highest BCUT2D eigenvalue weighted by Gasteiger charge is 2.44. The zero-order valence-electron chi connectivity index (χ0n) is 16.2. The minimum Gasteiger partial charge on any atom is -0.485 e. The van der Waals surface area contributed by atoms with E-state index in [2.05, 4.69) is 5.32 Å². The predicted octanol–water partition coefficient (Wildman–Crippen LogP) is 5.38. The molecule has 1 saturated heterocycles. The Hall–Kier alpha value is -2.52. The van der Waals surface area contributed by atoms with Gasteiger partial charge in [0.1, 0.15) is 17.2 Å². The molecule has 2 aromatic carbocycles. The largest absolute Gasteiger partial charge is 0.485 e. The van der Waals surface area contributed by atoms with Crippen molar-refractivity contribution in [3.8, 4) is 5.75 Å². The zero-order valence-corrected chi connectivity index (χ0v) is 16.9. The normalized spacial score (nSPS) is 20.2. The van der Waals surface area contributed by atoms with E-state index in [0.29, 0.717) is 60.8 Å². The number of hydrogen-bond acceptors (Lipinski definition) is 3. The molecule has 2 aliphatic rings. The minimum absolute atomic E-state index is 0.0687. The molecule has 166 valence electrons. The lowest BCUT2D eigenvalue weighted by Gasteiger charge is -2.46. The van der Waals surface area contributed by atoms with E-state index in [9.17, 15) is 27.5 Å². The quantitative estimate of drug-likeness (QED) is 0.564. The Morgan fingerprint density at radius 3 is 2.58 bits per heavy atom. The molecule has 1 unspecified atom stereocenters. The number of aliphatic hydroxyl groups excluding tert-OH is 1. The van der Waals surface area contributed by atoms with Gasteiger partial charge < -0.3 is 20.1 Å². The van der Waals surface area contributed by atoms with Crippen LogP contribution in [0.2, 0.25) is 5.02 Å². The number of rotatable bonds is 1. The lowest BCUT2D eigenvalue weighted by Crippen LogP contribution is -2.52. The van der Waals surface area contributed by atoms with E-state index in [4.69, 9.17) is 16.3 Å². The van der Waals surface area contributed by atoms with Gasteiger partial charge in [0, 0.05) is 43.6 Å². The van der Waals surface area contributed by atoms with E-state index < -0.39 is 35.3 Å². The van der Waals surface area contributed by atoms with Crippen LogP contribution in [-0.2, 0) is 6.18 Å². The Kier molecular flexibility index (Phi) is 5.51. The number of piperidine rings is 1. The number of carbonyl (C=O) groups excluding carboxylic acids is 1. The van der Waals surface area contributed by atoms with Gasteiger partial charge in [0.25, 0.3) is 0 Å². The third kappa shape index (κ3) is 4.29. The van der Waals surface area contributed by atoms with E-state index >= 15 is 0 Å². The highest BCUT2D eigenvalue weighted by molar-refractivity contribution is 6.32. The standard InChI is InChI=1S/C21H19ClF4N2O3/c22-15-3-1-2-13-17(29)11-20(31-18(13)15)6-8-28(9-7-20)19(30)27-12-4-5-14(16(23)10-12)21(24,25)26/h1-5,10,17,29H,6-9,11H2,(H,27,30). The number of halogens is 5. The number of amides is 2. The second-order valence-electron chi connectivity index (χ2n) is 7.77. The van der Waals surface area contributed by atoms with E-state index in [1.807, 2.05) is 0 Å². The average molecular weight is 459 g/mol. The van der Waals surface area contributed by atoms with Gasteiger partial charge in [-0.1, -0.05) is 23.7 Å². The number of alkyl halides is 3. The van der Waals surface area contributed by atoms with E-state index in [-0.39, 0.29) is 5.69 Å². The number of likely N-dealkylation sites (tertiary alicyclic amines) is 1. The summed E-state index contributed by atoms with van der Waals surface area (Å²) in [6.07, 6.45) is -4.31. The van der Waals surface area contributed by atoms with E-state index in [0.717, 1.165) is 6.07 Å². The number of benzene rings is 2. The molecule has 2 aliphatic heterocycles. The van der Waals surface area contributed by atoms with Crippen LogP contribution in [0.4, 0.5) is 28.0 Å². The number of hydrogen-bond donors (Lipinski definition) is 2. The first kappa shape index (κ1) is 21.7. The van der Waals surface area contributed by atoms with Crippen molar-refractivity contribution >= 4 is 23.3 Å². The van der Waals surface area contributed by atoms with Crippen LogP contribution in [0.1, 0.15) is 36.5 Å². The maximum atomic E-state index is 13.7.